The average molecular weight is 435 g/mol. The van der Waals surface area contributed by atoms with Gasteiger partial charge in [-0.05, 0) is 74.9 Å². The van der Waals surface area contributed by atoms with Gasteiger partial charge in [0.05, 0.1) is 11.6 Å². The number of pyridine rings is 1. The third-order valence-corrected chi connectivity index (χ3v) is 8.13. The number of fused-ring (bicyclic) bond motifs is 2. The number of aromatic nitrogens is 1. The van der Waals surface area contributed by atoms with Gasteiger partial charge < -0.3 is 10.1 Å². The maximum Gasteiger partial charge on any atom is 0.309 e. The second-order valence-corrected chi connectivity index (χ2v) is 9.71. The van der Waals surface area contributed by atoms with Crippen LogP contribution in [0.25, 0.3) is 17.2 Å². The fourth-order valence-electron chi connectivity index (χ4n) is 6.60. The fourth-order valence-corrected chi connectivity index (χ4v) is 6.60. The van der Waals surface area contributed by atoms with Gasteiger partial charge in [-0.1, -0.05) is 37.1 Å². The number of hydrogen-bond donors (Lipinski definition) is 1. The zero-order valence-corrected chi connectivity index (χ0v) is 18.8. The number of carbonyl (C=O) groups excluding carboxylic acids is 1. The van der Waals surface area contributed by atoms with Gasteiger partial charge >= 0.3 is 5.97 Å². The minimum Gasteiger partial charge on any atom is -0.462 e. The van der Waals surface area contributed by atoms with E-state index in [4.69, 9.17) is 4.74 Å². The summed E-state index contributed by atoms with van der Waals surface area (Å²) in [5.74, 6) is 0.660. The molecular weight excluding hydrogens is 403 g/mol. The van der Waals surface area contributed by atoms with Crippen LogP contribution in [-0.2, 0) is 9.53 Å². The highest BCUT2D eigenvalue weighted by Crippen LogP contribution is 2.55. The third kappa shape index (κ3) is 3.66. The Balaban J connectivity index is 1.43. The molecule has 1 aromatic carbocycles. The van der Waals surface area contributed by atoms with Crippen LogP contribution in [0, 0.1) is 29.5 Å². The van der Waals surface area contributed by atoms with Crippen molar-refractivity contribution in [3.8, 4) is 11.1 Å². The molecule has 168 valence electrons. The summed E-state index contributed by atoms with van der Waals surface area (Å²) in [6.45, 7) is 2.05. The van der Waals surface area contributed by atoms with Crippen molar-refractivity contribution in [2.45, 2.75) is 50.7 Å². The van der Waals surface area contributed by atoms with E-state index in [2.05, 4.69) is 29.5 Å². The molecule has 3 aliphatic rings. The number of hydrogen-bond acceptors (Lipinski definition) is 4. The minimum absolute atomic E-state index is 0.00612. The van der Waals surface area contributed by atoms with Gasteiger partial charge in [-0.3, -0.25) is 9.78 Å². The van der Waals surface area contributed by atoms with Crippen molar-refractivity contribution in [1.29, 1.82) is 0 Å². The van der Waals surface area contributed by atoms with Crippen LogP contribution in [0.3, 0.4) is 0 Å². The Morgan fingerprint density at radius 1 is 1.22 bits per heavy atom. The van der Waals surface area contributed by atoms with Crippen molar-refractivity contribution < 1.29 is 13.9 Å². The van der Waals surface area contributed by atoms with Gasteiger partial charge in [0, 0.05) is 23.2 Å². The molecule has 0 radical (unpaired) electrons. The number of halogens is 1. The van der Waals surface area contributed by atoms with Gasteiger partial charge in [0.1, 0.15) is 11.9 Å². The van der Waals surface area contributed by atoms with Crippen LogP contribution >= 0.6 is 0 Å². The second kappa shape index (κ2) is 8.43. The van der Waals surface area contributed by atoms with Crippen molar-refractivity contribution in [2.24, 2.45) is 23.7 Å². The summed E-state index contributed by atoms with van der Waals surface area (Å²) in [4.78, 5) is 17.3. The molecule has 1 aliphatic heterocycles. The summed E-state index contributed by atoms with van der Waals surface area (Å²) >= 11 is 0. The van der Waals surface area contributed by atoms with E-state index in [-0.39, 0.29) is 41.2 Å². The van der Waals surface area contributed by atoms with Gasteiger partial charge in [0.25, 0.3) is 0 Å². The summed E-state index contributed by atoms with van der Waals surface area (Å²) in [6, 6.07) is 10.5. The lowest BCUT2D eigenvalue weighted by atomic mass is 9.53. The van der Waals surface area contributed by atoms with E-state index in [1.165, 1.54) is 31.4 Å². The first kappa shape index (κ1) is 21.3. The molecule has 2 saturated carbocycles. The highest BCUT2D eigenvalue weighted by Gasteiger charge is 2.58. The standard InChI is InChI=1S/C27H31FN2O2/c1-17-25-22(24-8-3-4-13-27(24,29-2)15-23(25)26(31)32-17)12-11-21-10-9-19(16-30-21)18-6-5-7-20(28)14-18/h5-7,9-12,14,16-17,22-25,29H,3-4,8,13,15H2,1-2H3/b12-11+/t17-,22+,23-,24?,25+,27-/m1/s1. The molecule has 1 unspecified atom stereocenters. The highest BCUT2D eigenvalue weighted by atomic mass is 19.1. The Labute approximate surface area is 189 Å². The number of ether oxygens (including phenoxy) is 1. The smallest absolute Gasteiger partial charge is 0.309 e. The molecule has 1 saturated heterocycles. The number of nitrogens with one attached hydrogen (secondary N) is 1. The summed E-state index contributed by atoms with van der Waals surface area (Å²) in [7, 11) is 2.05. The number of nitrogens with zero attached hydrogens (tertiary/aromatic N) is 1. The van der Waals surface area contributed by atoms with E-state index < -0.39 is 0 Å². The lowest BCUT2D eigenvalue weighted by Gasteiger charge is -2.54. The molecule has 2 heterocycles. The Kier molecular flexibility index (Phi) is 5.62. The molecule has 2 aliphatic carbocycles. The lowest BCUT2D eigenvalue weighted by molar-refractivity contribution is -0.144. The van der Waals surface area contributed by atoms with Crippen LogP contribution in [0.4, 0.5) is 4.39 Å². The molecule has 0 bridgehead atoms. The zero-order chi connectivity index (χ0) is 22.3. The van der Waals surface area contributed by atoms with Gasteiger partial charge in [0.2, 0.25) is 0 Å². The molecule has 2 aromatic rings. The molecule has 1 N–H and O–H groups in total. The van der Waals surface area contributed by atoms with Gasteiger partial charge in [-0.2, -0.15) is 0 Å². The summed E-state index contributed by atoms with van der Waals surface area (Å²) in [6.07, 6.45) is 11.7. The maximum absolute atomic E-state index is 13.6. The normalized spacial score (nSPS) is 34.2. The van der Waals surface area contributed by atoms with Crippen LogP contribution in [0.5, 0.6) is 0 Å². The largest absolute Gasteiger partial charge is 0.462 e. The van der Waals surface area contributed by atoms with Crippen molar-refractivity contribution in [1.82, 2.24) is 10.3 Å². The van der Waals surface area contributed by atoms with Gasteiger partial charge in [0.15, 0.2) is 0 Å². The van der Waals surface area contributed by atoms with E-state index in [0.29, 0.717) is 5.92 Å². The quantitative estimate of drug-likeness (QED) is 0.668. The predicted molar refractivity (Wildman–Crippen MR) is 123 cm³/mol. The van der Waals surface area contributed by atoms with Crippen molar-refractivity contribution in [3.05, 3.63) is 60.2 Å². The van der Waals surface area contributed by atoms with Gasteiger partial charge in [-0.15, -0.1) is 0 Å². The monoisotopic (exact) mass is 434 g/mol. The third-order valence-electron chi connectivity index (χ3n) is 8.13. The first-order chi connectivity index (χ1) is 15.5. The Hall–Kier alpha value is -2.53. The number of cyclic esters (lactones) is 1. The molecule has 3 fully saturated rings. The molecular formula is C27H31FN2O2. The molecule has 4 nitrogen and oxygen atoms in total. The molecule has 0 spiro atoms. The Morgan fingerprint density at radius 2 is 2.09 bits per heavy atom. The molecule has 32 heavy (non-hydrogen) atoms. The zero-order valence-electron chi connectivity index (χ0n) is 18.8. The molecule has 0 amide bonds. The number of esters is 1. The molecule has 5 heteroatoms. The fraction of sp³-hybridized carbons (Fsp3) is 0.481. The number of allylic oxidation sites excluding steroid dienone is 1. The predicted octanol–water partition coefficient (Wildman–Crippen LogP) is 5.25. The number of carbonyl (C=O) groups is 1. The van der Waals surface area contributed by atoms with Crippen molar-refractivity contribution >= 4 is 12.0 Å². The Morgan fingerprint density at radius 3 is 2.84 bits per heavy atom. The van der Waals surface area contributed by atoms with Crippen LogP contribution in [0.2, 0.25) is 0 Å². The molecule has 6 atom stereocenters. The van der Waals surface area contributed by atoms with Crippen LogP contribution in [0.1, 0.15) is 44.7 Å². The maximum atomic E-state index is 13.6. The number of rotatable bonds is 4. The van der Waals surface area contributed by atoms with E-state index in [0.717, 1.165) is 29.7 Å². The van der Waals surface area contributed by atoms with Crippen LogP contribution in [0.15, 0.2) is 48.7 Å². The Bertz CT molecular complexity index is 1020. The van der Waals surface area contributed by atoms with Crippen LogP contribution < -0.4 is 5.32 Å². The minimum atomic E-state index is -0.249. The topological polar surface area (TPSA) is 51.2 Å². The van der Waals surface area contributed by atoms with Crippen molar-refractivity contribution in [2.75, 3.05) is 7.05 Å². The van der Waals surface area contributed by atoms with Gasteiger partial charge in [-0.25, -0.2) is 4.39 Å². The first-order valence-electron chi connectivity index (χ1n) is 11.8. The lowest BCUT2D eigenvalue weighted by Crippen LogP contribution is -2.60. The van der Waals surface area contributed by atoms with Crippen LogP contribution in [-0.4, -0.2) is 29.6 Å². The summed E-state index contributed by atoms with van der Waals surface area (Å²) < 4.78 is 19.3. The SMILES string of the molecule is CN[C@@]12CCCCC1[C@H](/C=C/c1ccc(-c3cccc(F)c3)cn1)[C@@H]1[C@@H](C)OC(=O)[C@@H]1C2. The summed E-state index contributed by atoms with van der Waals surface area (Å²) in [5.41, 5.74) is 2.59. The van der Waals surface area contributed by atoms with E-state index in [9.17, 15) is 9.18 Å². The molecule has 5 rings (SSSR count). The second-order valence-electron chi connectivity index (χ2n) is 9.71. The molecule has 1 aromatic heterocycles. The van der Waals surface area contributed by atoms with Crippen molar-refractivity contribution in [3.63, 3.8) is 0 Å². The number of benzene rings is 1. The highest BCUT2D eigenvalue weighted by molar-refractivity contribution is 5.76. The van der Waals surface area contributed by atoms with E-state index in [1.54, 1.807) is 12.3 Å². The first-order valence-corrected chi connectivity index (χ1v) is 11.8. The van der Waals surface area contributed by atoms with E-state index in [1.807, 2.05) is 25.1 Å². The summed E-state index contributed by atoms with van der Waals surface area (Å²) in [5, 5.41) is 3.64. The average Bonchev–Trinajstić information content (AvgIpc) is 3.09. The van der Waals surface area contributed by atoms with E-state index >= 15 is 0 Å².